The largest absolute Gasteiger partial charge is 0.489 e. The van der Waals surface area contributed by atoms with Gasteiger partial charge in [-0.3, -0.25) is 0 Å². The molecular formula is C20H32IN3O2. The molecule has 2 aliphatic rings. The average Bonchev–Trinajstić information content (AvgIpc) is 3.28. The number of guanidine groups is 1. The van der Waals surface area contributed by atoms with Gasteiger partial charge in [0.2, 0.25) is 0 Å². The molecule has 0 saturated carbocycles. The van der Waals surface area contributed by atoms with Gasteiger partial charge in [-0.2, -0.15) is 0 Å². The topological polar surface area (TPSA) is 46.1 Å². The molecule has 1 aromatic rings. The Balaban J connectivity index is 0.00000243. The third-order valence-corrected chi connectivity index (χ3v) is 5.20. The lowest BCUT2D eigenvalue weighted by Crippen LogP contribution is -2.42. The van der Waals surface area contributed by atoms with Crippen molar-refractivity contribution >= 4 is 29.9 Å². The Hall–Kier alpha value is -1.02. The second kappa shape index (κ2) is 10.3. The molecule has 1 N–H and O–H groups in total. The fourth-order valence-corrected chi connectivity index (χ4v) is 3.64. The van der Waals surface area contributed by atoms with Crippen LogP contribution in [0.4, 0.5) is 0 Å². The van der Waals surface area contributed by atoms with Crippen LogP contribution < -0.4 is 10.1 Å². The van der Waals surface area contributed by atoms with Gasteiger partial charge in [0.25, 0.3) is 0 Å². The second-order valence-electron chi connectivity index (χ2n) is 7.13. The van der Waals surface area contributed by atoms with Crippen LogP contribution in [0.15, 0.2) is 35.3 Å². The van der Waals surface area contributed by atoms with Crippen molar-refractivity contribution in [2.75, 3.05) is 39.4 Å². The van der Waals surface area contributed by atoms with Crippen molar-refractivity contribution in [3.05, 3.63) is 30.3 Å². The highest BCUT2D eigenvalue weighted by molar-refractivity contribution is 14.0. The number of nitrogens with zero attached hydrogens (tertiary/aromatic N) is 2. The van der Waals surface area contributed by atoms with Gasteiger partial charge in [-0.25, -0.2) is 4.99 Å². The Bertz CT molecular complexity index is 561. The molecule has 2 saturated heterocycles. The molecule has 2 fully saturated rings. The van der Waals surface area contributed by atoms with Crippen LogP contribution in [0.2, 0.25) is 0 Å². The second-order valence-corrected chi connectivity index (χ2v) is 7.13. The molecule has 1 aromatic carbocycles. The summed E-state index contributed by atoms with van der Waals surface area (Å²) in [6.07, 6.45) is 3.42. The summed E-state index contributed by atoms with van der Waals surface area (Å²) < 4.78 is 11.7. The van der Waals surface area contributed by atoms with Gasteiger partial charge in [0.1, 0.15) is 11.9 Å². The van der Waals surface area contributed by atoms with Crippen LogP contribution in [-0.2, 0) is 4.74 Å². The minimum absolute atomic E-state index is 0. The Kier molecular flexibility index (Phi) is 8.47. The van der Waals surface area contributed by atoms with Gasteiger partial charge in [-0.1, -0.05) is 25.1 Å². The van der Waals surface area contributed by atoms with Crippen LogP contribution in [0.1, 0.15) is 33.1 Å². The predicted octanol–water partition coefficient (Wildman–Crippen LogP) is 3.54. The van der Waals surface area contributed by atoms with E-state index in [-0.39, 0.29) is 30.1 Å². The lowest BCUT2D eigenvalue weighted by Gasteiger charge is -2.25. The fraction of sp³-hybridized carbons (Fsp3) is 0.650. The minimum Gasteiger partial charge on any atom is -0.489 e. The van der Waals surface area contributed by atoms with E-state index in [1.165, 1.54) is 12.8 Å². The van der Waals surface area contributed by atoms with Gasteiger partial charge < -0.3 is 19.7 Å². The van der Waals surface area contributed by atoms with E-state index in [0.717, 1.165) is 51.0 Å². The molecule has 2 atom stereocenters. The summed E-state index contributed by atoms with van der Waals surface area (Å²) in [7, 11) is 0. The van der Waals surface area contributed by atoms with E-state index >= 15 is 0 Å². The maximum absolute atomic E-state index is 6.07. The fourth-order valence-electron chi connectivity index (χ4n) is 3.64. The first-order chi connectivity index (χ1) is 12.2. The summed E-state index contributed by atoms with van der Waals surface area (Å²) >= 11 is 0. The predicted molar refractivity (Wildman–Crippen MR) is 117 cm³/mol. The molecule has 0 radical (unpaired) electrons. The van der Waals surface area contributed by atoms with Gasteiger partial charge in [0.15, 0.2) is 5.96 Å². The van der Waals surface area contributed by atoms with Crippen LogP contribution in [0.5, 0.6) is 5.75 Å². The normalized spacial score (nSPS) is 23.8. The highest BCUT2D eigenvalue weighted by Gasteiger charge is 2.42. The number of ether oxygens (including phenoxy) is 2. The van der Waals surface area contributed by atoms with Crippen molar-refractivity contribution in [1.29, 1.82) is 0 Å². The van der Waals surface area contributed by atoms with Crippen molar-refractivity contribution in [2.24, 2.45) is 10.4 Å². The molecule has 1 spiro atoms. The van der Waals surface area contributed by atoms with Crippen molar-refractivity contribution in [3.63, 3.8) is 0 Å². The smallest absolute Gasteiger partial charge is 0.194 e. The van der Waals surface area contributed by atoms with Crippen LogP contribution in [-0.4, -0.2) is 56.4 Å². The summed E-state index contributed by atoms with van der Waals surface area (Å²) in [6.45, 7) is 9.75. The van der Waals surface area contributed by atoms with Gasteiger partial charge in [-0.05, 0) is 38.3 Å². The number of nitrogens with one attached hydrogen (secondary N) is 1. The van der Waals surface area contributed by atoms with E-state index in [1.807, 2.05) is 30.3 Å². The maximum atomic E-state index is 6.07. The zero-order valence-corrected chi connectivity index (χ0v) is 18.3. The van der Waals surface area contributed by atoms with Crippen LogP contribution in [0.3, 0.4) is 0 Å². The molecule has 0 amide bonds. The molecule has 3 rings (SSSR count). The third-order valence-electron chi connectivity index (χ3n) is 5.20. The van der Waals surface area contributed by atoms with Crippen LogP contribution in [0.25, 0.3) is 0 Å². The molecule has 26 heavy (non-hydrogen) atoms. The highest BCUT2D eigenvalue weighted by atomic mass is 127. The first-order valence-electron chi connectivity index (χ1n) is 9.57. The van der Waals surface area contributed by atoms with Crippen molar-refractivity contribution < 1.29 is 9.47 Å². The Morgan fingerprint density at radius 3 is 2.77 bits per heavy atom. The zero-order valence-electron chi connectivity index (χ0n) is 15.9. The van der Waals surface area contributed by atoms with Gasteiger partial charge in [0.05, 0.1) is 13.2 Å². The minimum atomic E-state index is 0. The number of benzene rings is 1. The monoisotopic (exact) mass is 473 g/mol. The molecule has 0 bridgehead atoms. The summed E-state index contributed by atoms with van der Waals surface area (Å²) in [5, 5.41) is 3.45. The first kappa shape index (κ1) is 21.3. The molecule has 146 valence electrons. The van der Waals surface area contributed by atoms with E-state index in [1.54, 1.807) is 0 Å². The maximum Gasteiger partial charge on any atom is 0.194 e. The SMILES string of the molecule is CCNC(=NCC(CC)Oc1ccccc1)N1CCC2(CCOC2)C1.I. The Labute approximate surface area is 174 Å². The van der Waals surface area contributed by atoms with E-state index in [0.29, 0.717) is 12.0 Å². The number of hydrogen-bond donors (Lipinski definition) is 1. The molecule has 0 aliphatic carbocycles. The molecule has 5 nitrogen and oxygen atoms in total. The zero-order chi connectivity index (χ0) is 17.5. The van der Waals surface area contributed by atoms with Crippen molar-refractivity contribution in [3.8, 4) is 5.75 Å². The molecule has 0 aromatic heterocycles. The van der Waals surface area contributed by atoms with Crippen molar-refractivity contribution in [1.82, 2.24) is 10.2 Å². The van der Waals surface area contributed by atoms with Gasteiger partial charge >= 0.3 is 0 Å². The van der Waals surface area contributed by atoms with E-state index in [2.05, 4.69) is 24.1 Å². The van der Waals surface area contributed by atoms with Crippen molar-refractivity contribution in [2.45, 2.75) is 39.2 Å². The number of aliphatic imine (C=N–C) groups is 1. The van der Waals surface area contributed by atoms with Crippen LogP contribution >= 0.6 is 24.0 Å². The van der Waals surface area contributed by atoms with Gasteiger partial charge in [-0.15, -0.1) is 24.0 Å². The average molecular weight is 473 g/mol. The van der Waals surface area contributed by atoms with E-state index in [9.17, 15) is 0 Å². The van der Waals surface area contributed by atoms with Gasteiger partial charge in [0, 0.05) is 31.7 Å². The summed E-state index contributed by atoms with van der Waals surface area (Å²) in [5.41, 5.74) is 0.348. The number of hydrogen-bond acceptors (Lipinski definition) is 3. The molecule has 2 unspecified atom stereocenters. The molecule has 2 aliphatic heterocycles. The lowest BCUT2D eigenvalue weighted by molar-refractivity contribution is 0.156. The summed E-state index contributed by atoms with van der Waals surface area (Å²) in [5.74, 6) is 1.93. The van der Waals surface area contributed by atoms with E-state index < -0.39 is 0 Å². The Morgan fingerprint density at radius 1 is 1.31 bits per heavy atom. The number of rotatable bonds is 6. The lowest BCUT2D eigenvalue weighted by atomic mass is 9.87. The molecule has 2 heterocycles. The molecular weight excluding hydrogens is 441 g/mol. The standard InChI is InChI=1S/C20H31N3O2.HI/c1-3-17(25-18-8-6-5-7-9-18)14-22-19(21-4-2)23-12-10-20(15-23)11-13-24-16-20;/h5-9,17H,3-4,10-16H2,1-2H3,(H,21,22);1H. The van der Waals surface area contributed by atoms with E-state index in [4.69, 9.17) is 14.5 Å². The third kappa shape index (κ3) is 5.49. The highest BCUT2D eigenvalue weighted by Crippen LogP contribution is 2.38. The quantitative estimate of drug-likeness (QED) is 0.390. The molecule has 6 heteroatoms. The summed E-state index contributed by atoms with van der Waals surface area (Å²) in [4.78, 5) is 7.28. The number of likely N-dealkylation sites (tertiary alicyclic amines) is 1. The van der Waals surface area contributed by atoms with Crippen LogP contribution in [0, 0.1) is 5.41 Å². The Morgan fingerprint density at radius 2 is 2.12 bits per heavy atom. The first-order valence-corrected chi connectivity index (χ1v) is 9.57. The number of halogens is 1. The number of para-hydroxylation sites is 1. The summed E-state index contributed by atoms with van der Waals surface area (Å²) in [6, 6.07) is 10.0.